The number of fused-ring (bicyclic) bond motifs is 2. The fourth-order valence-corrected chi connectivity index (χ4v) is 1.69. The highest BCUT2D eigenvalue weighted by Crippen LogP contribution is 2.35. The molecule has 5 N–H and O–H groups in total. The average Bonchev–Trinajstić information content (AvgIpc) is 2.59. The lowest BCUT2D eigenvalue weighted by molar-refractivity contribution is -0.269. The monoisotopic (exact) mass is 205 g/mol. The minimum Gasteiger partial charge on any atom is -0.387 e. The number of amides is 1. The van der Waals surface area contributed by atoms with Crippen molar-refractivity contribution in [2.45, 2.75) is 30.2 Å². The van der Waals surface area contributed by atoms with Gasteiger partial charge in [-0.3, -0.25) is 4.79 Å². The first-order valence-corrected chi connectivity index (χ1v) is 4.13. The maximum atomic E-state index is 11.0. The van der Waals surface area contributed by atoms with E-state index in [1.165, 1.54) is 0 Å². The van der Waals surface area contributed by atoms with E-state index in [0.717, 1.165) is 0 Å². The van der Waals surface area contributed by atoms with Gasteiger partial charge in [0.15, 0.2) is 6.29 Å². The van der Waals surface area contributed by atoms with E-state index in [4.69, 9.17) is 15.2 Å². The van der Waals surface area contributed by atoms with Crippen LogP contribution < -0.4 is 5.73 Å². The highest BCUT2D eigenvalue weighted by Gasteiger charge is 2.62. The lowest BCUT2D eigenvalue weighted by Crippen LogP contribution is -2.68. The number of hydrogen-bond donors (Lipinski definition) is 4. The second-order valence-electron chi connectivity index (χ2n) is 3.46. The molecule has 7 nitrogen and oxygen atoms in total. The van der Waals surface area contributed by atoms with Gasteiger partial charge in [-0.15, -0.1) is 0 Å². The lowest BCUT2D eigenvalue weighted by Gasteiger charge is -2.40. The predicted octanol–water partition coefficient (Wildman–Crippen LogP) is -3.32. The van der Waals surface area contributed by atoms with Crippen molar-refractivity contribution >= 4 is 5.91 Å². The van der Waals surface area contributed by atoms with E-state index in [1.807, 2.05) is 0 Å². The Kier molecular flexibility index (Phi) is 2.02. The van der Waals surface area contributed by atoms with E-state index >= 15 is 0 Å². The molecule has 0 spiro atoms. The zero-order valence-corrected chi connectivity index (χ0v) is 7.16. The normalized spacial score (nSPS) is 51.9. The molecule has 7 heteroatoms. The maximum Gasteiger partial charge on any atom is 0.257 e. The van der Waals surface area contributed by atoms with Gasteiger partial charge in [0.2, 0.25) is 5.60 Å². The largest absolute Gasteiger partial charge is 0.387 e. The first-order chi connectivity index (χ1) is 6.48. The summed E-state index contributed by atoms with van der Waals surface area (Å²) in [6.45, 7) is 0.0124. The molecule has 80 valence electrons. The third kappa shape index (κ3) is 1.01. The topological polar surface area (TPSA) is 122 Å². The summed E-state index contributed by atoms with van der Waals surface area (Å²) < 4.78 is 9.88. The molecule has 2 bridgehead atoms. The molecule has 0 aliphatic carbocycles. The number of primary amides is 1. The van der Waals surface area contributed by atoms with Crippen LogP contribution in [0.25, 0.3) is 0 Å². The van der Waals surface area contributed by atoms with Crippen molar-refractivity contribution < 1.29 is 29.6 Å². The molecule has 0 aromatic carbocycles. The molecule has 0 aromatic heterocycles. The number of carbonyl (C=O) groups excluding carboxylic acids is 1. The van der Waals surface area contributed by atoms with E-state index in [-0.39, 0.29) is 6.61 Å². The number of aliphatic hydroxyl groups excluding tert-OH is 2. The first-order valence-electron chi connectivity index (χ1n) is 4.13. The van der Waals surface area contributed by atoms with Crippen LogP contribution in [0.5, 0.6) is 0 Å². The van der Waals surface area contributed by atoms with Crippen molar-refractivity contribution in [3.63, 3.8) is 0 Å². The molecule has 5 atom stereocenters. The third-order valence-corrected chi connectivity index (χ3v) is 2.62. The van der Waals surface area contributed by atoms with Crippen LogP contribution >= 0.6 is 0 Å². The molecule has 2 aliphatic rings. The molecule has 2 heterocycles. The van der Waals surface area contributed by atoms with Gasteiger partial charge in [-0.1, -0.05) is 0 Å². The minimum absolute atomic E-state index is 0.0124. The smallest absolute Gasteiger partial charge is 0.257 e. The standard InChI is InChI=1S/C7H11NO6/c8-5(11)7(12)4(10)3(9)2-1-13-6(7)14-2/h2-4,6,9-10,12H,1H2,(H2,8,11)/t2-,3-,4+,6-,7+/m1/s1. The zero-order chi connectivity index (χ0) is 10.5. The fourth-order valence-electron chi connectivity index (χ4n) is 1.69. The molecular formula is C7H11NO6. The van der Waals surface area contributed by atoms with E-state index in [1.54, 1.807) is 0 Å². The summed E-state index contributed by atoms with van der Waals surface area (Å²) in [5.41, 5.74) is 2.54. The SMILES string of the molecule is NC(=O)[C@]1(O)[C@@H]2OC[C@@H](O2)[C@@H](O)[C@@H]1O. The van der Waals surface area contributed by atoms with E-state index in [2.05, 4.69) is 0 Å². The molecule has 0 radical (unpaired) electrons. The van der Waals surface area contributed by atoms with Gasteiger partial charge in [0.25, 0.3) is 5.91 Å². The van der Waals surface area contributed by atoms with Crippen molar-refractivity contribution in [1.82, 2.24) is 0 Å². The van der Waals surface area contributed by atoms with Crippen molar-refractivity contribution in [2.75, 3.05) is 6.61 Å². The number of rotatable bonds is 1. The van der Waals surface area contributed by atoms with E-state index in [0.29, 0.717) is 0 Å². The van der Waals surface area contributed by atoms with Crippen molar-refractivity contribution in [2.24, 2.45) is 5.73 Å². The van der Waals surface area contributed by atoms with Gasteiger partial charge < -0.3 is 30.5 Å². The van der Waals surface area contributed by atoms with Gasteiger partial charge in [-0.05, 0) is 0 Å². The Balaban J connectivity index is 2.35. The lowest BCUT2D eigenvalue weighted by atomic mass is 9.87. The van der Waals surface area contributed by atoms with Crippen molar-refractivity contribution in [3.8, 4) is 0 Å². The number of hydrogen-bond acceptors (Lipinski definition) is 6. The van der Waals surface area contributed by atoms with Crippen LogP contribution in [0.4, 0.5) is 0 Å². The number of ether oxygens (including phenoxy) is 2. The molecule has 1 amide bonds. The Morgan fingerprint density at radius 2 is 2.14 bits per heavy atom. The Hall–Kier alpha value is -0.730. The van der Waals surface area contributed by atoms with Gasteiger partial charge in [0.1, 0.15) is 18.3 Å². The van der Waals surface area contributed by atoms with Crippen LogP contribution in [0.1, 0.15) is 0 Å². The Morgan fingerprint density at radius 3 is 2.71 bits per heavy atom. The summed E-state index contributed by atoms with van der Waals surface area (Å²) in [7, 11) is 0. The third-order valence-electron chi connectivity index (χ3n) is 2.62. The minimum atomic E-state index is -2.38. The molecule has 0 aromatic rings. The highest BCUT2D eigenvalue weighted by molar-refractivity contribution is 5.85. The summed E-state index contributed by atoms with van der Waals surface area (Å²) in [5, 5.41) is 28.7. The molecule has 2 fully saturated rings. The molecule has 0 unspecified atom stereocenters. The molecule has 2 rings (SSSR count). The second-order valence-corrected chi connectivity index (χ2v) is 3.46. The van der Waals surface area contributed by atoms with Crippen LogP contribution in [-0.2, 0) is 14.3 Å². The Bertz CT molecular complexity index is 271. The van der Waals surface area contributed by atoms with Gasteiger partial charge in [0, 0.05) is 0 Å². The Morgan fingerprint density at radius 1 is 1.50 bits per heavy atom. The maximum absolute atomic E-state index is 11.0. The van der Waals surface area contributed by atoms with Crippen LogP contribution in [0, 0.1) is 0 Å². The van der Waals surface area contributed by atoms with Crippen LogP contribution in [0.3, 0.4) is 0 Å². The zero-order valence-electron chi connectivity index (χ0n) is 7.16. The number of nitrogens with two attached hydrogens (primary N) is 1. The molecular weight excluding hydrogens is 194 g/mol. The first kappa shape index (κ1) is 9.81. The molecule has 2 saturated heterocycles. The summed E-state index contributed by atoms with van der Waals surface area (Å²) in [5.74, 6) is -1.19. The van der Waals surface area contributed by atoms with Crippen LogP contribution in [0.15, 0.2) is 0 Å². The second kappa shape index (κ2) is 2.88. The summed E-state index contributed by atoms with van der Waals surface area (Å²) in [6.07, 6.45) is -5.10. The average molecular weight is 205 g/mol. The number of carbonyl (C=O) groups is 1. The van der Waals surface area contributed by atoms with E-state index < -0.39 is 36.1 Å². The van der Waals surface area contributed by atoms with Crippen molar-refractivity contribution in [1.29, 1.82) is 0 Å². The van der Waals surface area contributed by atoms with Gasteiger partial charge in [-0.25, -0.2) is 0 Å². The van der Waals surface area contributed by atoms with E-state index in [9.17, 15) is 20.1 Å². The van der Waals surface area contributed by atoms with Gasteiger partial charge in [0.05, 0.1) is 6.61 Å². The van der Waals surface area contributed by atoms with Crippen molar-refractivity contribution in [3.05, 3.63) is 0 Å². The Labute approximate surface area is 79.0 Å². The van der Waals surface area contributed by atoms with Gasteiger partial charge in [-0.2, -0.15) is 0 Å². The fraction of sp³-hybridized carbons (Fsp3) is 0.857. The van der Waals surface area contributed by atoms with Crippen LogP contribution in [-0.4, -0.2) is 58.0 Å². The highest BCUT2D eigenvalue weighted by atomic mass is 16.7. The number of aliphatic hydroxyl groups is 3. The summed E-state index contributed by atoms with van der Waals surface area (Å²) in [4.78, 5) is 11.0. The molecule has 0 saturated carbocycles. The predicted molar refractivity (Wildman–Crippen MR) is 40.8 cm³/mol. The summed E-state index contributed by atoms with van der Waals surface area (Å²) in [6, 6.07) is 0. The molecule has 14 heavy (non-hydrogen) atoms. The van der Waals surface area contributed by atoms with Gasteiger partial charge >= 0.3 is 0 Å². The quantitative estimate of drug-likeness (QED) is 0.355. The summed E-state index contributed by atoms with van der Waals surface area (Å²) >= 11 is 0. The van der Waals surface area contributed by atoms with Crippen LogP contribution in [0.2, 0.25) is 0 Å². The molecule has 2 aliphatic heterocycles.